The van der Waals surface area contributed by atoms with Gasteiger partial charge in [-0.2, -0.15) is 5.26 Å². The van der Waals surface area contributed by atoms with Gasteiger partial charge in [-0.15, -0.1) is 0 Å². The minimum Gasteiger partial charge on any atom is -0.324 e. The number of pyridine rings is 1. The van der Waals surface area contributed by atoms with E-state index in [2.05, 4.69) is 9.97 Å². The molecule has 0 unspecified atom stereocenters. The summed E-state index contributed by atoms with van der Waals surface area (Å²) in [4.78, 5) is 8.54. The molecule has 0 aliphatic rings. The molecule has 19 heavy (non-hydrogen) atoms. The van der Waals surface area contributed by atoms with E-state index in [9.17, 15) is 0 Å². The lowest BCUT2D eigenvalue weighted by Crippen LogP contribution is -2.01. The number of hydrogen-bond acceptors (Lipinski definition) is 3. The largest absolute Gasteiger partial charge is 0.324 e. The van der Waals surface area contributed by atoms with Crippen LogP contribution in [0.4, 0.5) is 0 Å². The van der Waals surface area contributed by atoms with Gasteiger partial charge in [0, 0.05) is 0 Å². The van der Waals surface area contributed by atoms with Crippen molar-refractivity contribution in [2.75, 3.05) is 0 Å². The third-order valence-corrected chi connectivity index (χ3v) is 3.17. The molecule has 2 heterocycles. The highest BCUT2D eigenvalue weighted by atomic mass is 35.5. The highest BCUT2D eigenvalue weighted by molar-refractivity contribution is 6.30. The molecule has 0 radical (unpaired) electrons. The summed E-state index contributed by atoms with van der Waals surface area (Å²) in [5.41, 5.74) is 3.18. The van der Waals surface area contributed by atoms with Crippen LogP contribution in [0.3, 0.4) is 0 Å². The first-order valence-corrected chi connectivity index (χ1v) is 6.11. The molecular weight excluding hydrogens is 260 g/mol. The molecule has 2 aromatic heterocycles. The molecule has 3 aromatic rings. The second kappa shape index (κ2) is 4.71. The minimum atomic E-state index is 0.240. The van der Waals surface area contributed by atoms with Gasteiger partial charge in [-0.3, -0.25) is 0 Å². The van der Waals surface area contributed by atoms with Gasteiger partial charge in [0.1, 0.15) is 11.2 Å². The lowest BCUT2D eigenvalue weighted by atomic mass is 10.2. The monoisotopic (exact) mass is 268 g/mol. The molecule has 0 saturated heterocycles. The summed E-state index contributed by atoms with van der Waals surface area (Å²) in [6, 6.07) is 13.4. The maximum absolute atomic E-state index is 8.82. The first kappa shape index (κ1) is 11.7. The summed E-state index contributed by atoms with van der Waals surface area (Å²) < 4.78 is 2.00. The van der Waals surface area contributed by atoms with E-state index in [1.54, 1.807) is 18.5 Å². The number of para-hydroxylation sites is 2. The molecular formula is C14H9ClN4. The molecule has 0 N–H and O–H groups in total. The number of nitriles is 1. The van der Waals surface area contributed by atoms with E-state index in [0.717, 1.165) is 16.7 Å². The number of fused-ring (bicyclic) bond motifs is 1. The van der Waals surface area contributed by atoms with E-state index < -0.39 is 0 Å². The van der Waals surface area contributed by atoms with Crippen LogP contribution in [-0.4, -0.2) is 14.5 Å². The van der Waals surface area contributed by atoms with Crippen molar-refractivity contribution >= 4 is 22.6 Å². The van der Waals surface area contributed by atoms with Crippen LogP contribution < -0.4 is 0 Å². The van der Waals surface area contributed by atoms with Crippen molar-refractivity contribution in [1.82, 2.24) is 14.5 Å². The second-order valence-corrected chi connectivity index (χ2v) is 4.47. The average molecular weight is 269 g/mol. The third kappa shape index (κ3) is 2.16. The zero-order chi connectivity index (χ0) is 13.2. The first-order valence-electron chi connectivity index (χ1n) is 5.73. The van der Waals surface area contributed by atoms with Gasteiger partial charge in [-0.25, -0.2) is 9.97 Å². The summed E-state index contributed by atoms with van der Waals surface area (Å²) in [5, 5.41) is 9.06. The number of nitrogens with zero attached hydrogens (tertiary/aromatic N) is 4. The van der Waals surface area contributed by atoms with Gasteiger partial charge in [-0.05, 0) is 24.3 Å². The number of halogens is 1. The maximum atomic E-state index is 8.82. The van der Waals surface area contributed by atoms with Crippen molar-refractivity contribution in [2.24, 2.45) is 0 Å². The molecule has 0 saturated carbocycles. The summed E-state index contributed by atoms with van der Waals surface area (Å²) in [7, 11) is 0. The SMILES string of the molecule is N#Cc1ccc(Cn2cnc3ccccc32)nc1Cl. The first-order chi connectivity index (χ1) is 9.28. The van der Waals surface area contributed by atoms with E-state index >= 15 is 0 Å². The van der Waals surface area contributed by atoms with E-state index in [-0.39, 0.29) is 5.15 Å². The Morgan fingerprint density at radius 3 is 2.84 bits per heavy atom. The zero-order valence-electron chi connectivity index (χ0n) is 9.92. The van der Waals surface area contributed by atoms with Crippen LogP contribution in [-0.2, 0) is 6.54 Å². The van der Waals surface area contributed by atoms with Crippen LogP contribution in [0.25, 0.3) is 11.0 Å². The molecule has 1 aromatic carbocycles. The Kier molecular flexibility index (Phi) is 2.90. The molecule has 0 fully saturated rings. The van der Waals surface area contributed by atoms with Crippen LogP contribution in [0, 0.1) is 11.3 Å². The smallest absolute Gasteiger partial charge is 0.147 e. The fraction of sp³-hybridized carbons (Fsp3) is 0.0714. The molecule has 0 atom stereocenters. The summed E-state index contributed by atoms with van der Waals surface area (Å²) in [5.74, 6) is 0. The Labute approximate surface area is 114 Å². The van der Waals surface area contributed by atoms with E-state index in [0.29, 0.717) is 12.1 Å². The predicted octanol–water partition coefficient (Wildman–Crippen LogP) is 3.00. The lowest BCUT2D eigenvalue weighted by molar-refractivity contribution is 0.797. The molecule has 0 spiro atoms. The van der Waals surface area contributed by atoms with Crippen LogP contribution in [0.2, 0.25) is 5.15 Å². The fourth-order valence-corrected chi connectivity index (χ4v) is 2.17. The van der Waals surface area contributed by atoms with Crippen LogP contribution in [0.1, 0.15) is 11.3 Å². The Morgan fingerprint density at radius 1 is 1.21 bits per heavy atom. The highest BCUT2D eigenvalue weighted by Crippen LogP contribution is 2.16. The molecule has 0 bridgehead atoms. The van der Waals surface area contributed by atoms with Gasteiger partial charge in [-0.1, -0.05) is 23.7 Å². The third-order valence-electron chi connectivity index (χ3n) is 2.89. The number of aromatic nitrogens is 3. The van der Waals surface area contributed by atoms with Gasteiger partial charge in [0.05, 0.1) is 35.2 Å². The zero-order valence-corrected chi connectivity index (χ0v) is 10.7. The van der Waals surface area contributed by atoms with Crippen molar-refractivity contribution in [3.63, 3.8) is 0 Å². The topological polar surface area (TPSA) is 54.5 Å². The number of benzene rings is 1. The molecule has 3 rings (SSSR count). The second-order valence-electron chi connectivity index (χ2n) is 4.11. The van der Waals surface area contributed by atoms with Gasteiger partial charge in [0.15, 0.2) is 0 Å². The Balaban J connectivity index is 1.97. The average Bonchev–Trinajstić information content (AvgIpc) is 2.83. The van der Waals surface area contributed by atoms with Gasteiger partial charge < -0.3 is 4.57 Å². The quantitative estimate of drug-likeness (QED) is 0.672. The predicted molar refractivity (Wildman–Crippen MR) is 72.8 cm³/mol. The van der Waals surface area contributed by atoms with Crippen molar-refractivity contribution in [3.05, 3.63) is 59.1 Å². The Morgan fingerprint density at radius 2 is 2.05 bits per heavy atom. The van der Waals surface area contributed by atoms with Gasteiger partial charge in [0.2, 0.25) is 0 Å². The summed E-state index contributed by atoms with van der Waals surface area (Å²) in [6.07, 6.45) is 1.78. The van der Waals surface area contributed by atoms with E-state index in [1.165, 1.54) is 0 Å². The summed E-state index contributed by atoms with van der Waals surface area (Å²) in [6.45, 7) is 0.575. The molecule has 0 aliphatic heterocycles. The maximum Gasteiger partial charge on any atom is 0.147 e. The van der Waals surface area contributed by atoms with Gasteiger partial charge in [0.25, 0.3) is 0 Å². The van der Waals surface area contributed by atoms with Crippen molar-refractivity contribution in [3.8, 4) is 6.07 Å². The highest BCUT2D eigenvalue weighted by Gasteiger charge is 2.06. The molecule has 0 aliphatic carbocycles. The fourth-order valence-electron chi connectivity index (χ4n) is 1.95. The Hall–Kier alpha value is -2.38. The van der Waals surface area contributed by atoms with Crippen molar-refractivity contribution in [1.29, 1.82) is 5.26 Å². The molecule has 5 heteroatoms. The van der Waals surface area contributed by atoms with Crippen LogP contribution in [0.15, 0.2) is 42.7 Å². The summed E-state index contributed by atoms with van der Waals surface area (Å²) >= 11 is 5.93. The van der Waals surface area contributed by atoms with Crippen molar-refractivity contribution < 1.29 is 0 Å². The van der Waals surface area contributed by atoms with Crippen molar-refractivity contribution in [2.45, 2.75) is 6.54 Å². The van der Waals surface area contributed by atoms with E-state index in [1.807, 2.05) is 34.9 Å². The number of rotatable bonds is 2. The standard InChI is InChI=1S/C14H9ClN4/c15-14-10(7-16)5-6-11(18-14)8-19-9-17-12-3-1-2-4-13(12)19/h1-6,9H,8H2. The van der Waals surface area contributed by atoms with Crippen LogP contribution >= 0.6 is 11.6 Å². The molecule has 0 amide bonds. The van der Waals surface area contributed by atoms with E-state index in [4.69, 9.17) is 16.9 Å². The molecule has 92 valence electrons. The van der Waals surface area contributed by atoms with Gasteiger partial charge >= 0.3 is 0 Å². The number of imidazole rings is 1. The lowest BCUT2D eigenvalue weighted by Gasteiger charge is -2.04. The van der Waals surface area contributed by atoms with Crippen LogP contribution in [0.5, 0.6) is 0 Å². The molecule has 4 nitrogen and oxygen atoms in total. The normalized spacial score (nSPS) is 10.5. The number of hydrogen-bond donors (Lipinski definition) is 0. The minimum absolute atomic E-state index is 0.240. The Bertz CT molecular complexity index is 785.